The minimum absolute atomic E-state index is 0.0269. The summed E-state index contributed by atoms with van der Waals surface area (Å²) in [7, 11) is 0. The molecule has 0 radical (unpaired) electrons. The summed E-state index contributed by atoms with van der Waals surface area (Å²) >= 11 is 0. The molecule has 0 aliphatic heterocycles. The lowest BCUT2D eigenvalue weighted by molar-refractivity contribution is -0.115. The Labute approximate surface area is 54.4 Å². The highest BCUT2D eigenvalue weighted by Gasteiger charge is 2.06. The van der Waals surface area contributed by atoms with Crippen LogP contribution < -0.4 is 0 Å². The molecule has 0 heterocycles. The van der Waals surface area contributed by atoms with Gasteiger partial charge in [0.25, 0.3) is 0 Å². The molecule has 0 aromatic heterocycles. The molecule has 52 valence electrons. The van der Waals surface area contributed by atoms with E-state index in [1.165, 1.54) is 0 Å². The van der Waals surface area contributed by atoms with Gasteiger partial charge in [-0.05, 0) is 6.42 Å². The predicted molar refractivity (Wildman–Crippen MR) is 34.7 cm³/mol. The largest absolute Gasteiger partial charge is 0.411 e. The maximum atomic E-state index is 10.7. The van der Waals surface area contributed by atoms with Crippen molar-refractivity contribution < 1.29 is 10.0 Å². The molecule has 0 fully saturated rings. The molecular weight excluding hydrogens is 118 g/mol. The highest BCUT2D eigenvalue weighted by molar-refractivity contribution is 6.28. The van der Waals surface area contributed by atoms with E-state index in [9.17, 15) is 4.79 Å². The van der Waals surface area contributed by atoms with Crippen LogP contribution in [0.5, 0.6) is 0 Å². The zero-order valence-electron chi connectivity index (χ0n) is 5.66. The van der Waals surface area contributed by atoms with Crippen molar-refractivity contribution in [2.45, 2.75) is 20.3 Å². The lowest BCUT2D eigenvalue weighted by Crippen LogP contribution is -2.10. The Balaban J connectivity index is 3.73. The average Bonchev–Trinajstić information content (AvgIpc) is 1.87. The Bertz CT molecular complexity index is 120. The van der Waals surface area contributed by atoms with Crippen molar-refractivity contribution in [3.8, 4) is 0 Å². The number of hydrogen-bond acceptors (Lipinski definition) is 3. The molecule has 0 saturated heterocycles. The molecule has 0 spiro atoms. The van der Waals surface area contributed by atoms with Crippen molar-refractivity contribution in [2.75, 3.05) is 0 Å². The van der Waals surface area contributed by atoms with Crippen molar-refractivity contribution in [3.05, 3.63) is 0 Å². The summed E-state index contributed by atoms with van der Waals surface area (Å²) in [6, 6.07) is 0. The second-order valence-electron chi connectivity index (χ2n) is 1.96. The molecule has 1 N–H and O–H groups in total. The normalized spacial score (nSPS) is 14.0. The SMILES string of the molecule is CCC(C)C(=O)/C=N\O. The average molecular weight is 129 g/mol. The third-order valence-corrected chi connectivity index (χ3v) is 1.28. The first kappa shape index (κ1) is 8.14. The maximum absolute atomic E-state index is 10.7. The van der Waals surface area contributed by atoms with Gasteiger partial charge in [0, 0.05) is 5.92 Å². The number of hydrogen-bond donors (Lipinski definition) is 1. The Hall–Kier alpha value is -0.860. The van der Waals surface area contributed by atoms with Crippen LogP contribution in [-0.2, 0) is 4.79 Å². The monoisotopic (exact) mass is 129 g/mol. The van der Waals surface area contributed by atoms with Gasteiger partial charge in [-0.2, -0.15) is 0 Å². The van der Waals surface area contributed by atoms with E-state index in [1.54, 1.807) is 6.92 Å². The van der Waals surface area contributed by atoms with Crippen molar-refractivity contribution in [1.29, 1.82) is 0 Å². The Kier molecular flexibility index (Phi) is 3.67. The number of carbonyl (C=O) groups excluding carboxylic acids is 1. The van der Waals surface area contributed by atoms with E-state index in [1.807, 2.05) is 6.92 Å². The topological polar surface area (TPSA) is 49.7 Å². The lowest BCUT2D eigenvalue weighted by atomic mass is 10.1. The van der Waals surface area contributed by atoms with Gasteiger partial charge in [-0.1, -0.05) is 19.0 Å². The first-order valence-corrected chi connectivity index (χ1v) is 2.93. The molecule has 0 amide bonds. The molecule has 0 saturated carbocycles. The summed E-state index contributed by atoms with van der Waals surface area (Å²) in [5, 5.41) is 10.6. The second-order valence-corrected chi connectivity index (χ2v) is 1.96. The number of Topliss-reactive ketones (excluding diaryl/α,β-unsaturated/α-hetero) is 1. The first-order valence-electron chi connectivity index (χ1n) is 2.93. The Morgan fingerprint density at radius 2 is 2.44 bits per heavy atom. The minimum atomic E-state index is -0.125. The quantitative estimate of drug-likeness (QED) is 0.352. The molecule has 9 heavy (non-hydrogen) atoms. The molecule has 0 bridgehead atoms. The van der Waals surface area contributed by atoms with Crippen molar-refractivity contribution in [2.24, 2.45) is 11.1 Å². The van der Waals surface area contributed by atoms with E-state index in [0.717, 1.165) is 12.6 Å². The van der Waals surface area contributed by atoms with Crippen molar-refractivity contribution >= 4 is 12.0 Å². The second kappa shape index (κ2) is 4.06. The number of oxime groups is 1. The van der Waals surface area contributed by atoms with Crippen molar-refractivity contribution in [1.82, 2.24) is 0 Å². The molecular formula is C6H11NO2. The summed E-state index contributed by atoms with van der Waals surface area (Å²) in [5.74, 6) is -0.152. The van der Waals surface area contributed by atoms with Crippen molar-refractivity contribution in [3.63, 3.8) is 0 Å². The molecule has 0 aliphatic rings. The molecule has 0 aromatic carbocycles. The van der Waals surface area contributed by atoms with Gasteiger partial charge in [-0.15, -0.1) is 0 Å². The van der Waals surface area contributed by atoms with E-state index in [4.69, 9.17) is 5.21 Å². The highest BCUT2D eigenvalue weighted by Crippen LogP contribution is 1.99. The van der Waals surface area contributed by atoms with Crippen LogP contribution >= 0.6 is 0 Å². The number of carbonyl (C=O) groups is 1. The summed E-state index contributed by atoms with van der Waals surface area (Å²) in [6.07, 6.45) is 1.72. The van der Waals surface area contributed by atoms with Crippen LogP contribution in [0.15, 0.2) is 5.16 Å². The molecule has 3 heteroatoms. The smallest absolute Gasteiger partial charge is 0.179 e. The highest BCUT2D eigenvalue weighted by atomic mass is 16.4. The van der Waals surface area contributed by atoms with E-state index in [-0.39, 0.29) is 11.7 Å². The summed E-state index contributed by atoms with van der Waals surface area (Å²) < 4.78 is 0. The van der Waals surface area contributed by atoms with Gasteiger partial charge in [0.05, 0.1) is 0 Å². The molecule has 3 nitrogen and oxygen atoms in total. The fourth-order valence-electron chi connectivity index (χ4n) is 0.385. The lowest BCUT2D eigenvalue weighted by Gasteiger charge is -1.98. The van der Waals surface area contributed by atoms with Crippen LogP contribution in [-0.4, -0.2) is 17.2 Å². The standard InChI is InChI=1S/C6H11NO2/c1-3-5(2)6(8)4-7-9/h4-5,9H,3H2,1-2H3/b7-4-. The molecule has 0 rings (SSSR count). The van der Waals surface area contributed by atoms with E-state index in [0.29, 0.717) is 0 Å². The van der Waals surface area contributed by atoms with Gasteiger partial charge in [0.2, 0.25) is 0 Å². The van der Waals surface area contributed by atoms with E-state index < -0.39 is 0 Å². The van der Waals surface area contributed by atoms with Gasteiger partial charge in [-0.25, -0.2) is 0 Å². The Morgan fingerprint density at radius 3 is 2.78 bits per heavy atom. The summed E-state index contributed by atoms with van der Waals surface area (Å²) in [6.45, 7) is 3.71. The van der Waals surface area contributed by atoms with Crippen LogP contribution in [0.4, 0.5) is 0 Å². The molecule has 0 aliphatic carbocycles. The fourth-order valence-corrected chi connectivity index (χ4v) is 0.385. The van der Waals surface area contributed by atoms with Crippen LogP contribution in [0.2, 0.25) is 0 Å². The van der Waals surface area contributed by atoms with Gasteiger partial charge in [0.15, 0.2) is 5.78 Å². The first-order chi connectivity index (χ1) is 4.22. The molecule has 0 aromatic rings. The number of nitrogens with zero attached hydrogens (tertiary/aromatic N) is 1. The maximum Gasteiger partial charge on any atom is 0.179 e. The van der Waals surface area contributed by atoms with Gasteiger partial charge < -0.3 is 5.21 Å². The third-order valence-electron chi connectivity index (χ3n) is 1.28. The third kappa shape index (κ3) is 2.85. The minimum Gasteiger partial charge on any atom is -0.411 e. The van der Waals surface area contributed by atoms with Crippen LogP contribution in [0, 0.1) is 5.92 Å². The van der Waals surface area contributed by atoms with Gasteiger partial charge in [-0.3, -0.25) is 4.79 Å². The zero-order valence-corrected chi connectivity index (χ0v) is 5.66. The molecule has 1 atom stereocenters. The van der Waals surface area contributed by atoms with Crippen LogP contribution in [0.1, 0.15) is 20.3 Å². The van der Waals surface area contributed by atoms with Crippen LogP contribution in [0.3, 0.4) is 0 Å². The van der Waals surface area contributed by atoms with Gasteiger partial charge >= 0.3 is 0 Å². The fraction of sp³-hybridized carbons (Fsp3) is 0.667. The zero-order chi connectivity index (χ0) is 7.28. The number of rotatable bonds is 3. The van der Waals surface area contributed by atoms with E-state index in [2.05, 4.69) is 5.16 Å². The molecule has 1 unspecified atom stereocenters. The number of ketones is 1. The van der Waals surface area contributed by atoms with E-state index >= 15 is 0 Å². The summed E-state index contributed by atoms with van der Waals surface area (Å²) in [5.41, 5.74) is 0. The predicted octanol–water partition coefficient (Wildman–Crippen LogP) is 1.06. The Morgan fingerprint density at radius 1 is 1.89 bits per heavy atom. The summed E-state index contributed by atoms with van der Waals surface area (Å²) in [4.78, 5) is 10.7. The van der Waals surface area contributed by atoms with Crippen LogP contribution in [0.25, 0.3) is 0 Å². The van der Waals surface area contributed by atoms with Gasteiger partial charge in [0.1, 0.15) is 6.21 Å².